The van der Waals surface area contributed by atoms with Crippen LogP contribution in [-0.4, -0.2) is 15.0 Å². The van der Waals surface area contributed by atoms with Crippen molar-refractivity contribution < 1.29 is 0 Å². The van der Waals surface area contributed by atoms with Crippen molar-refractivity contribution in [3.63, 3.8) is 0 Å². The number of rotatable bonds is 5. The largest absolute Gasteiger partial charge is 0.208 e. The normalized spacial score (nSPS) is 12.9. The highest BCUT2D eigenvalue weighted by atomic mass is 15.0. The van der Waals surface area contributed by atoms with Crippen LogP contribution in [0.25, 0.3) is 99.9 Å². The zero-order valence-electron chi connectivity index (χ0n) is 31.7. The predicted octanol–water partition coefficient (Wildman–Crippen LogP) is 14.0. The monoisotopic (exact) mass is 727 g/mol. The minimum absolute atomic E-state index is 0.0738. The molecule has 10 aromatic rings. The number of aromatic nitrogens is 3. The molecule has 11 rings (SSSR count). The average Bonchev–Trinajstić information content (AvgIpc) is 3.51. The van der Waals surface area contributed by atoms with Gasteiger partial charge in [0.05, 0.1) is 0 Å². The third-order valence-corrected chi connectivity index (χ3v) is 11.9. The van der Waals surface area contributed by atoms with Crippen LogP contribution in [0, 0.1) is 0 Å². The Morgan fingerprint density at radius 1 is 0.281 bits per heavy atom. The molecule has 3 heteroatoms. The summed E-state index contributed by atoms with van der Waals surface area (Å²) in [7, 11) is 0. The highest BCUT2D eigenvalue weighted by molar-refractivity contribution is 6.25. The van der Waals surface area contributed by atoms with Crippen LogP contribution in [0.15, 0.2) is 188 Å². The van der Waals surface area contributed by atoms with Gasteiger partial charge in [-0.1, -0.05) is 184 Å². The summed E-state index contributed by atoms with van der Waals surface area (Å²) >= 11 is 0. The van der Waals surface area contributed by atoms with Crippen LogP contribution in [0.1, 0.15) is 25.0 Å². The first-order valence-electron chi connectivity index (χ1n) is 19.6. The molecule has 1 aromatic heterocycles. The lowest BCUT2D eigenvalue weighted by Crippen LogP contribution is -2.14. The summed E-state index contributed by atoms with van der Waals surface area (Å²) in [5.41, 5.74) is 12.9. The molecule has 0 saturated heterocycles. The van der Waals surface area contributed by atoms with Crippen LogP contribution in [0.4, 0.5) is 0 Å². The van der Waals surface area contributed by atoms with E-state index in [2.05, 4.69) is 184 Å². The van der Waals surface area contributed by atoms with Crippen molar-refractivity contribution in [2.24, 2.45) is 0 Å². The Morgan fingerprint density at radius 3 is 1.39 bits per heavy atom. The average molecular weight is 728 g/mol. The molecule has 0 N–H and O–H groups in total. The third-order valence-electron chi connectivity index (χ3n) is 11.9. The van der Waals surface area contributed by atoms with E-state index in [4.69, 9.17) is 15.0 Å². The maximum Gasteiger partial charge on any atom is 0.164 e. The Balaban J connectivity index is 1.05. The van der Waals surface area contributed by atoms with Gasteiger partial charge in [-0.3, -0.25) is 0 Å². The van der Waals surface area contributed by atoms with Crippen LogP contribution in [0.5, 0.6) is 0 Å². The maximum absolute atomic E-state index is 5.22. The van der Waals surface area contributed by atoms with Crippen LogP contribution in [-0.2, 0) is 5.41 Å². The number of nitrogens with zero attached hydrogens (tertiary/aromatic N) is 3. The Kier molecular flexibility index (Phi) is 7.52. The number of fused-ring (bicyclic) bond motifs is 9. The molecular weight excluding hydrogens is 691 g/mol. The molecule has 0 spiro atoms. The molecule has 9 aromatic carbocycles. The lowest BCUT2D eigenvalue weighted by molar-refractivity contribution is 0.660. The standard InChI is InChI=1S/C54H37N3/c1-54(2)49-26-13-12-25-46(49)47-30-27-36(33-50(47)54)40-20-7-6-19-39(40)35-17-14-18-37(31-35)52-55-51(34-15-4-3-5-16-34)56-53(57-52)38-28-29-45-43-23-9-8-21-41(43)42-22-10-11-24-44(42)48(45)32-38/h3-33H,1-2H3. The van der Waals surface area contributed by atoms with Crippen molar-refractivity contribution >= 4 is 32.3 Å². The molecule has 0 bridgehead atoms. The lowest BCUT2D eigenvalue weighted by Gasteiger charge is -2.22. The summed E-state index contributed by atoms with van der Waals surface area (Å²) in [4.78, 5) is 15.5. The van der Waals surface area contributed by atoms with Gasteiger partial charge in [-0.05, 0) is 95.0 Å². The number of hydrogen-bond donors (Lipinski definition) is 0. The van der Waals surface area contributed by atoms with Gasteiger partial charge in [-0.25, -0.2) is 15.0 Å². The van der Waals surface area contributed by atoms with Gasteiger partial charge in [-0.15, -0.1) is 0 Å². The van der Waals surface area contributed by atoms with E-state index in [1.165, 1.54) is 71.3 Å². The molecule has 3 nitrogen and oxygen atoms in total. The smallest absolute Gasteiger partial charge is 0.164 e. The van der Waals surface area contributed by atoms with E-state index in [9.17, 15) is 0 Å². The van der Waals surface area contributed by atoms with E-state index in [1.807, 2.05) is 18.2 Å². The van der Waals surface area contributed by atoms with Crippen LogP contribution in [0.3, 0.4) is 0 Å². The number of hydrogen-bond acceptors (Lipinski definition) is 3. The first kappa shape index (κ1) is 33.1. The van der Waals surface area contributed by atoms with Crippen LogP contribution in [0.2, 0.25) is 0 Å². The fraction of sp³-hybridized carbons (Fsp3) is 0.0556. The Bertz CT molecular complexity index is 3180. The van der Waals surface area contributed by atoms with Gasteiger partial charge in [0.2, 0.25) is 0 Å². The summed E-state index contributed by atoms with van der Waals surface area (Å²) in [5, 5.41) is 7.35. The van der Waals surface area contributed by atoms with E-state index >= 15 is 0 Å². The Labute approximate surface area is 332 Å². The van der Waals surface area contributed by atoms with Crippen molar-refractivity contribution in [1.29, 1.82) is 0 Å². The quantitative estimate of drug-likeness (QED) is 0.166. The topological polar surface area (TPSA) is 38.7 Å². The van der Waals surface area contributed by atoms with Gasteiger partial charge < -0.3 is 0 Å². The third kappa shape index (κ3) is 5.38. The molecule has 0 radical (unpaired) electrons. The summed E-state index contributed by atoms with van der Waals surface area (Å²) in [6, 6.07) is 67.3. The van der Waals surface area contributed by atoms with Gasteiger partial charge in [-0.2, -0.15) is 0 Å². The van der Waals surface area contributed by atoms with Gasteiger partial charge in [0.1, 0.15) is 0 Å². The van der Waals surface area contributed by atoms with E-state index in [0.29, 0.717) is 17.5 Å². The zero-order valence-corrected chi connectivity index (χ0v) is 31.7. The number of benzene rings is 9. The predicted molar refractivity (Wildman–Crippen MR) is 237 cm³/mol. The molecule has 1 heterocycles. The summed E-state index contributed by atoms with van der Waals surface area (Å²) in [6.45, 7) is 4.68. The molecule has 0 amide bonds. The molecule has 0 saturated carbocycles. The molecule has 268 valence electrons. The van der Waals surface area contributed by atoms with E-state index < -0.39 is 0 Å². The molecule has 1 aliphatic rings. The Hall–Kier alpha value is -7.23. The van der Waals surface area contributed by atoms with Gasteiger partial charge >= 0.3 is 0 Å². The van der Waals surface area contributed by atoms with Crippen molar-refractivity contribution in [3.05, 3.63) is 199 Å². The fourth-order valence-corrected chi connectivity index (χ4v) is 9.08. The molecule has 0 aliphatic heterocycles. The Morgan fingerprint density at radius 2 is 0.719 bits per heavy atom. The molecular formula is C54H37N3. The molecule has 1 aliphatic carbocycles. The highest BCUT2D eigenvalue weighted by Crippen LogP contribution is 2.50. The van der Waals surface area contributed by atoms with Gasteiger partial charge in [0.25, 0.3) is 0 Å². The van der Waals surface area contributed by atoms with Crippen LogP contribution >= 0.6 is 0 Å². The van der Waals surface area contributed by atoms with E-state index in [1.54, 1.807) is 0 Å². The van der Waals surface area contributed by atoms with Crippen molar-refractivity contribution in [1.82, 2.24) is 15.0 Å². The van der Waals surface area contributed by atoms with Gasteiger partial charge in [0, 0.05) is 22.1 Å². The summed E-state index contributed by atoms with van der Waals surface area (Å²) in [5.74, 6) is 1.93. The minimum Gasteiger partial charge on any atom is -0.208 e. The molecule has 57 heavy (non-hydrogen) atoms. The molecule has 0 unspecified atom stereocenters. The first-order chi connectivity index (χ1) is 28.0. The highest BCUT2D eigenvalue weighted by Gasteiger charge is 2.35. The second kappa shape index (κ2) is 12.9. The molecule has 0 fully saturated rings. The van der Waals surface area contributed by atoms with Crippen molar-refractivity contribution in [2.75, 3.05) is 0 Å². The summed E-state index contributed by atoms with van der Waals surface area (Å²) < 4.78 is 0. The zero-order chi connectivity index (χ0) is 38.1. The maximum atomic E-state index is 5.22. The van der Waals surface area contributed by atoms with E-state index in [0.717, 1.165) is 22.3 Å². The van der Waals surface area contributed by atoms with Crippen LogP contribution < -0.4 is 0 Å². The SMILES string of the molecule is CC1(C)c2ccccc2-c2ccc(-c3ccccc3-c3cccc(-c4nc(-c5ccccc5)nc(-c5ccc6c7ccccc7c7ccccc7c6c5)n4)c3)cc21. The first-order valence-corrected chi connectivity index (χ1v) is 19.6. The summed E-state index contributed by atoms with van der Waals surface area (Å²) in [6.07, 6.45) is 0. The van der Waals surface area contributed by atoms with Crippen molar-refractivity contribution in [2.45, 2.75) is 19.3 Å². The van der Waals surface area contributed by atoms with Crippen molar-refractivity contribution in [3.8, 4) is 67.5 Å². The molecule has 0 atom stereocenters. The lowest BCUT2D eigenvalue weighted by atomic mass is 9.81. The second-order valence-electron chi connectivity index (χ2n) is 15.6. The van der Waals surface area contributed by atoms with Gasteiger partial charge in [0.15, 0.2) is 17.5 Å². The fourth-order valence-electron chi connectivity index (χ4n) is 9.08. The van der Waals surface area contributed by atoms with E-state index in [-0.39, 0.29) is 5.41 Å². The second-order valence-corrected chi connectivity index (χ2v) is 15.6. The minimum atomic E-state index is -0.0738.